The summed E-state index contributed by atoms with van der Waals surface area (Å²) < 4.78 is 69.6. The van der Waals surface area contributed by atoms with Gasteiger partial charge in [-0.1, -0.05) is 50.0 Å². The molecular weight excluding hydrogens is 622 g/mol. The van der Waals surface area contributed by atoms with Gasteiger partial charge in [0.25, 0.3) is 18.2 Å². The molecule has 1 aromatic carbocycles. The number of alkyl halides is 5. The minimum Gasteiger partial charge on any atom is -0.471 e. The van der Waals surface area contributed by atoms with E-state index < -0.39 is 54.3 Å². The van der Waals surface area contributed by atoms with Crippen molar-refractivity contribution >= 4 is 46.6 Å². The zero-order valence-electron chi connectivity index (χ0n) is 23.5. The lowest BCUT2D eigenvalue weighted by Gasteiger charge is -2.30. The number of benzene rings is 1. The lowest BCUT2D eigenvalue weighted by Crippen LogP contribution is -2.40. The van der Waals surface area contributed by atoms with Gasteiger partial charge in [-0.15, -0.1) is 0 Å². The van der Waals surface area contributed by atoms with E-state index >= 15 is 0 Å². The highest BCUT2D eigenvalue weighted by Gasteiger charge is 2.41. The number of anilines is 1. The number of aromatic nitrogens is 1. The molecule has 0 saturated heterocycles. The molecule has 1 heterocycles. The first kappa shape index (κ1) is 34.3. The second-order valence-corrected chi connectivity index (χ2v) is 11.9. The van der Waals surface area contributed by atoms with Gasteiger partial charge in [0.1, 0.15) is 5.56 Å². The van der Waals surface area contributed by atoms with E-state index in [0.29, 0.717) is 5.56 Å². The molecule has 15 heteroatoms. The lowest BCUT2D eigenvalue weighted by atomic mass is 9.85. The first-order valence-corrected chi connectivity index (χ1v) is 14.1. The standard InChI is InChI=1S/C28H31Cl2F5N4O4/c1-27(2,3)26(42)37-11-14-4-9-19(29)21(22(14)30)24(41)39-17-10-18(25(36-12-17)43-13-20(31)32)23(40)38-16-7-5-15(6-8-16)28(33,34)35/h4,9-10,12,15-16,20H,5-8,11,13H2,1-3H3,(H,37,42)(H,38,40)(H,39,41). The van der Waals surface area contributed by atoms with Crippen LogP contribution in [0.3, 0.4) is 0 Å². The molecule has 0 atom stereocenters. The molecule has 43 heavy (non-hydrogen) atoms. The monoisotopic (exact) mass is 652 g/mol. The predicted molar refractivity (Wildman–Crippen MR) is 151 cm³/mol. The summed E-state index contributed by atoms with van der Waals surface area (Å²) in [7, 11) is 0. The molecule has 3 rings (SSSR count). The number of nitrogens with zero attached hydrogens (tertiary/aromatic N) is 1. The van der Waals surface area contributed by atoms with Crippen LogP contribution in [0.25, 0.3) is 0 Å². The SMILES string of the molecule is CC(C)(C)C(=O)NCc1ccc(Cl)c(C(=O)Nc2cnc(OCC(F)F)c(C(=O)NC3CCC(C(F)(F)F)CC3)c2)c1Cl. The van der Waals surface area contributed by atoms with Gasteiger partial charge in [-0.3, -0.25) is 14.4 Å². The summed E-state index contributed by atoms with van der Waals surface area (Å²) in [6, 6.07) is 3.52. The van der Waals surface area contributed by atoms with Crippen molar-refractivity contribution in [3.63, 3.8) is 0 Å². The minimum absolute atomic E-state index is 0.00864. The molecule has 1 saturated carbocycles. The quantitative estimate of drug-likeness (QED) is 0.258. The van der Waals surface area contributed by atoms with Gasteiger partial charge in [-0.2, -0.15) is 13.2 Å². The van der Waals surface area contributed by atoms with Crippen molar-refractivity contribution in [2.24, 2.45) is 11.3 Å². The number of hydrogen-bond acceptors (Lipinski definition) is 5. The minimum atomic E-state index is -4.33. The van der Waals surface area contributed by atoms with E-state index in [1.807, 2.05) is 0 Å². The predicted octanol–water partition coefficient (Wildman–Crippen LogP) is 6.80. The van der Waals surface area contributed by atoms with Crippen molar-refractivity contribution in [2.45, 2.75) is 71.6 Å². The van der Waals surface area contributed by atoms with Crippen molar-refractivity contribution in [1.82, 2.24) is 15.6 Å². The van der Waals surface area contributed by atoms with Crippen LogP contribution in [0.4, 0.5) is 27.6 Å². The number of rotatable bonds is 9. The van der Waals surface area contributed by atoms with Crippen LogP contribution in [-0.2, 0) is 11.3 Å². The Labute approximate surface area is 255 Å². The summed E-state index contributed by atoms with van der Waals surface area (Å²) in [6.45, 7) is 4.14. The van der Waals surface area contributed by atoms with Gasteiger partial charge in [-0.05, 0) is 43.4 Å². The first-order chi connectivity index (χ1) is 20.0. The van der Waals surface area contributed by atoms with E-state index in [9.17, 15) is 36.3 Å². The zero-order chi connectivity index (χ0) is 32.1. The molecule has 8 nitrogen and oxygen atoms in total. The molecule has 0 unspecified atom stereocenters. The number of nitrogens with one attached hydrogen (secondary N) is 3. The molecule has 1 aromatic heterocycles. The lowest BCUT2D eigenvalue weighted by molar-refractivity contribution is -0.182. The van der Waals surface area contributed by atoms with Gasteiger partial charge in [0.2, 0.25) is 11.8 Å². The second kappa shape index (κ2) is 14.1. The highest BCUT2D eigenvalue weighted by atomic mass is 35.5. The normalized spacial score (nSPS) is 17.4. The Bertz CT molecular complexity index is 1340. The van der Waals surface area contributed by atoms with Crippen molar-refractivity contribution in [1.29, 1.82) is 0 Å². The average molecular weight is 653 g/mol. The molecule has 0 radical (unpaired) electrons. The topological polar surface area (TPSA) is 109 Å². The molecule has 3 N–H and O–H groups in total. The number of amides is 3. The number of carbonyl (C=O) groups is 3. The molecule has 1 aliphatic carbocycles. The third-order valence-electron chi connectivity index (χ3n) is 6.74. The van der Waals surface area contributed by atoms with E-state index in [-0.39, 0.29) is 65.0 Å². The largest absolute Gasteiger partial charge is 0.471 e. The van der Waals surface area contributed by atoms with Crippen LogP contribution in [0.1, 0.15) is 72.7 Å². The van der Waals surface area contributed by atoms with Gasteiger partial charge < -0.3 is 20.7 Å². The van der Waals surface area contributed by atoms with Crippen molar-refractivity contribution in [3.05, 3.63) is 51.1 Å². The van der Waals surface area contributed by atoms with Crippen LogP contribution < -0.4 is 20.7 Å². The van der Waals surface area contributed by atoms with Gasteiger partial charge >= 0.3 is 6.18 Å². The van der Waals surface area contributed by atoms with E-state index in [4.69, 9.17) is 27.9 Å². The van der Waals surface area contributed by atoms with Crippen LogP contribution in [-0.4, -0.2) is 48.0 Å². The molecule has 1 aliphatic rings. The molecular formula is C28H31Cl2F5N4O4. The van der Waals surface area contributed by atoms with Crippen molar-refractivity contribution in [3.8, 4) is 5.88 Å². The fraction of sp³-hybridized carbons (Fsp3) is 0.500. The molecule has 236 valence electrons. The van der Waals surface area contributed by atoms with Crippen LogP contribution in [0.2, 0.25) is 10.0 Å². The maximum Gasteiger partial charge on any atom is 0.391 e. The van der Waals surface area contributed by atoms with E-state index in [1.165, 1.54) is 6.07 Å². The van der Waals surface area contributed by atoms with Crippen LogP contribution in [0.15, 0.2) is 24.4 Å². The van der Waals surface area contributed by atoms with Crippen molar-refractivity contribution < 1.29 is 41.1 Å². The maximum absolute atomic E-state index is 13.2. The summed E-state index contributed by atoms with van der Waals surface area (Å²) in [4.78, 5) is 42.4. The fourth-order valence-electron chi connectivity index (χ4n) is 4.34. The highest BCUT2D eigenvalue weighted by molar-refractivity contribution is 6.40. The summed E-state index contributed by atoms with van der Waals surface area (Å²) in [5, 5.41) is 7.80. The molecule has 2 aromatic rings. The van der Waals surface area contributed by atoms with Gasteiger partial charge in [0.05, 0.1) is 33.4 Å². The number of hydrogen-bond donors (Lipinski definition) is 3. The smallest absolute Gasteiger partial charge is 0.391 e. The van der Waals surface area contributed by atoms with Gasteiger partial charge in [-0.25, -0.2) is 13.8 Å². The third kappa shape index (κ3) is 9.40. The van der Waals surface area contributed by atoms with Gasteiger partial charge in [0, 0.05) is 18.0 Å². The Balaban J connectivity index is 1.80. The van der Waals surface area contributed by atoms with Crippen LogP contribution in [0, 0.1) is 11.3 Å². The van der Waals surface area contributed by atoms with E-state index in [2.05, 4.69) is 20.9 Å². The number of ether oxygens (including phenoxy) is 1. The summed E-state index contributed by atoms with van der Waals surface area (Å²) >= 11 is 12.7. The molecule has 3 amide bonds. The Morgan fingerprint density at radius 3 is 2.28 bits per heavy atom. The Kier molecular flexibility index (Phi) is 11.2. The average Bonchev–Trinajstić information content (AvgIpc) is 2.91. The van der Waals surface area contributed by atoms with E-state index in [0.717, 1.165) is 12.3 Å². The van der Waals surface area contributed by atoms with Gasteiger partial charge in [0.15, 0.2) is 6.61 Å². The third-order valence-corrected chi connectivity index (χ3v) is 7.49. The Morgan fingerprint density at radius 1 is 1.05 bits per heavy atom. The molecule has 0 spiro atoms. The van der Waals surface area contributed by atoms with Crippen LogP contribution in [0.5, 0.6) is 5.88 Å². The molecule has 1 fully saturated rings. The Morgan fingerprint density at radius 2 is 1.70 bits per heavy atom. The second-order valence-electron chi connectivity index (χ2n) is 11.1. The van der Waals surface area contributed by atoms with E-state index in [1.54, 1.807) is 26.8 Å². The summed E-state index contributed by atoms with van der Waals surface area (Å²) in [5.74, 6) is -3.77. The molecule has 0 bridgehead atoms. The van der Waals surface area contributed by atoms with Crippen molar-refractivity contribution in [2.75, 3.05) is 11.9 Å². The summed E-state index contributed by atoms with van der Waals surface area (Å²) in [6.07, 6.45) is -6.34. The Hall–Kier alpha value is -3.19. The van der Waals surface area contributed by atoms with Crippen LogP contribution >= 0.6 is 23.2 Å². The maximum atomic E-state index is 13.2. The number of pyridine rings is 1. The highest BCUT2D eigenvalue weighted by Crippen LogP contribution is 2.37. The zero-order valence-corrected chi connectivity index (χ0v) is 25.0. The first-order valence-electron chi connectivity index (χ1n) is 13.3. The number of carbonyl (C=O) groups excluding carboxylic acids is 3. The summed E-state index contributed by atoms with van der Waals surface area (Å²) in [5.41, 5.74) is -0.741. The fourth-order valence-corrected chi connectivity index (χ4v) is 4.95. The number of halogens is 7. The molecule has 0 aliphatic heterocycles.